The molecule has 1 aliphatic heterocycles. The minimum Gasteiger partial charge on any atom is -0.382 e. The molecular formula is C15H15IN6S2. The van der Waals surface area contributed by atoms with Gasteiger partial charge in [-0.2, -0.15) is 0 Å². The van der Waals surface area contributed by atoms with E-state index in [0.29, 0.717) is 24.4 Å². The largest absolute Gasteiger partial charge is 0.382 e. The zero-order valence-corrected chi connectivity index (χ0v) is 16.5. The Morgan fingerprint density at radius 2 is 2.21 bits per heavy atom. The molecule has 0 aliphatic carbocycles. The monoisotopic (exact) mass is 470 g/mol. The van der Waals surface area contributed by atoms with Gasteiger partial charge in [0, 0.05) is 32.2 Å². The highest BCUT2D eigenvalue weighted by Crippen LogP contribution is 2.39. The molecule has 0 saturated heterocycles. The first kappa shape index (κ1) is 16.4. The maximum atomic E-state index is 5.96. The lowest BCUT2D eigenvalue weighted by Gasteiger charge is -2.09. The lowest BCUT2D eigenvalue weighted by atomic mass is 10.2. The molecular weight excluding hydrogens is 455 g/mol. The number of thioether (sulfide) groups is 1. The van der Waals surface area contributed by atoms with E-state index in [1.54, 1.807) is 11.8 Å². The molecule has 0 radical (unpaired) electrons. The van der Waals surface area contributed by atoms with Crippen molar-refractivity contribution >= 4 is 63.1 Å². The summed E-state index contributed by atoms with van der Waals surface area (Å²) < 4.78 is 3.26. The fraction of sp³-hybridized carbons (Fsp3) is 0.267. The maximum Gasteiger partial charge on any atom is 0.175 e. The predicted octanol–water partition coefficient (Wildman–Crippen LogP) is 2.77. The molecule has 0 fully saturated rings. The van der Waals surface area contributed by atoms with E-state index in [4.69, 9.17) is 11.5 Å². The number of rotatable bonds is 4. The average Bonchev–Trinajstić information content (AvgIpc) is 3.14. The Bertz CT molecular complexity index is 926. The van der Waals surface area contributed by atoms with Gasteiger partial charge in [0.05, 0.1) is 0 Å². The minimum absolute atomic E-state index is 0.401. The van der Waals surface area contributed by atoms with Gasteiger partial charge in [0.15, 0.2) is 22.1 Å². The number of hydrogen-bond donors (Lipinski definition) is 2. The van der Waals surface area contributed by atoms with Crippen molar-refractivity contribution in [3.8, 4) is 0 Å². The second-order valence-electron chi connectivity index (χ2n) is 5.36. The topological polar surface area (TPSA) is 95.6 Å². The second-order valence-corrected chi connectivity index (χ2v) is 8.66. The molecule has 0 spiro atoms. The number of aryl methyl sites for hydroxylation is 1. The van der Waals surface area contributed by atoms with Crippen LogP contribution in [-0.2, 0) is 13.0 Å². The molecule has 4 rings (SSSR count). The van der Waals surface area contributed by atoms with Gasteiger partial charge in [0.1, 0.15) is 6.33 Å². The van der Waals surface area contributed by atoms with Crippen molar-refractivity contribution < 1.29 is 0 Å². The Balaban J connectivity index is 1.80. The van der Waals surface area contributed by atoms with E-state index < -0.39 is 0 Å². The number of imidazole rings is 1. The number of nitrogens with zero attached hydrogens (tertiary/aromatic N) is 4. The first-order chi connectivity index (χ1) is 11.7. The van der Waals surface area contributed by atoms with Gasteiger partial charge in [0.25, 0.3) is 0 Å². The van der Waals surface area contributed by atoms with Crippen molar-refractivity contribution in [2.24, 2.45) is 5.73 Å². The van der Waals surface area contributed by atoms with Gasteiger partial charge in [-0.3, -0.25) is 0 Å². The van der Waals surface area contributed by atoms with Gasteiger partial charge < -0.3 is 16.0 Å². The van der Waals surface area contributed by atoms with E-state index in [0.717, 1.165) is 23.0 Å². The molecule has 124 valence electrons. The summed E-state index contributed by atoms with van der Waals surface area (Å²) in [5.41, 5.74) is 14.5. The molecule has 2 aromatic heterocycles. The van der Waals surface area contributed by atoms with E-state index in [9.17, 15) is 0 Å². The Morgan fingerprint density at radius 3 is 3.04 bits per heavy atom. The van der Waals surface area contributed by atoms with E-state index in [-0.39, 0.29) is 0 Å². The van der Waals surface area contributed by atoms with Crippen molar-refractivity contribution in [1.29, 1.82) is 0 Å². The van der Waals surface area contributed by atoms with Crippen molar-refractivity contribution in [3.05, 3.63) is 27.6 Å². The van der Waals surface area contributed by atoms with Gasteiger partial charge in [0.2, 0.25) is 0 Å². The number of fused-ring (bicyclic) bond motifs is 2. The van der Waals surface area contributed by atoms with Crippen LogP contribution in [0.3, 0.4) is 0 Å². The smallest absolute Gasteiger partial charge is 0.175 e. The second kappa shape index (κ2) is 6.70. The number of benzene rings is 1. The number of nitrogens with two attached hydrogens (primary N) is 2. The zero-order valence-electron chi connectivity index (χ0n) is 12.7. The molecule has 0 saturated carbocycles. The molecule has 24 heavy (non-hydrogen) atoms. The summed E-state index contributed by atoms with van der Waals surface area (Å²) in [6, 6.07) is 4.54. The third-order valence-corrected chi connectivity index (χ3v) is 7.23. The van der Waals surface area contributed by atoms with Crippen LogP contribution in [0.25, 0.3) is 11.2 Å². The lowest BCUT2D eigenvalue weighted by molar-refractivity contribution is 0.657. The summed E-state index contributed by atoms with van der Waals surface area (Å²) in [4.78, 5) is 15.7. The fourth-order valence-corrected chi connectivity index (χ4v) is 5.77. The summed E-state index contributed by atoms with van der Waals surface area (Å²) in [7, 11) is 0. The van der Waals surface area contributed by atoms with Crippen LogP contribution < -0.4 is 11.5 Å². The SMILES string of the molecule is NCCn1c(Sc2cc3c(cc2I)SCC3)nc2c(N)ncnc21. The van der Waals surface area contributed by atoms with Gasteiger partial charge in [-0.25, -0.2) is 15.0 Å². The standard InChI is InChI=1S/C15H15IN6S2/c16-9-6-10-8(1-4-23-10)5-11(9)24-15-21-12-13(18)19-7-20-14(12)22(15)3-2-17/h5-7H,1-4,17H2,(H2,18,19,20). The number of hydrogen-bond acceptors (Lipinski definition) is 7. The number of aromatic nitrogens is 4. The number of anilines is 1. The molecule has 0 atom stereocenters. The molecule has 1 aromatic carbocycles. The van der Waals surface area contributed by atoms with Crippen LogP contribution in [0, 0.1) is 3.57 Å². The molecule has 0 amide bonds. The van der Waals surface area contributed by atoms with Crippen molar-refractivity contribution in [3.63, 3.8) is 0 Å². The molecule has 6 nitrogen and oxygen atoms in total. The first-order valence-electron chi connectivity index (χ1n) is 7.47. The average molecular weight is 470 g/mol. The highest BCUT2D eigenvalue weighted by atomic mass is 127. The molecule has 3 heterocycles. The summed E-state index contributed by atoms with van der Waals surface area (Å²) in [6.45, 7) is 1.16. The summed E-state index contributed by atoms with van der Waals surface area (Å²) in [5, 5.41) is 0.853. The molecule has 4 N–H and O–H groups in total. The fourth-order valence-electron chi connectivity index (χ4n) is 2.70. The van der Waals surface area contributed by atoms with Gasteiger partial charge in [-0.05, 0) is 46.7 Å². The molecule has 0 bridgehead atoms. The van der Waals surface area contributed by atoms with Gasteiger partial charge >= 0.3 is 0 Å². The Hall–Kier alpha value is -1.04. The Morgan fingerprint density at radius 1 is 1.33 bits per heavy atom. The Kier molecular flexibility index (Phi) is 4.58. The summed E-state index contributed by atoms with van der Waals surface area (Å²) in [6.07, 6.45) is 2.60. The van der Waals surface area contributed by atoms with E-state index in [1.165, 1.54) is 25.3 Å². The normalized spacial score (nSPS) is 13.6. The molecule has 3 aromatic rings. The zero-order chi connectivity index (χ0) is 16.7. The molecule has 0 unspecified atom stereocenters. The highest BCUT2D eigenvalue weighted by molar-refractivity contribution is 14.1. The van der Waals surface area contributed by atoms with E-state index in [2.05, 4.69) is 49.7 Å². The molecule has 1 aliphatic rings. The quantitative estimate of drug-likeness (QED) is 0.567. The number of nitrogen functional groups attached to an aromatic ring is 1. The highest BCUT2D eigenvalue weighted by Gasteiger charge is 2.19. The first-order valence-corrected chi connectivity index (χ1v) is 10.4. The minimum atomic E-state index is 0.401. The van der Waals surface area contributed by atoms with E-state index >= 15 is 0 Å². The van der Waals surface area contributed by atoms with Crippen LogP contribution in [0.2, 0.25) is 0 Å². The predicted molar refractivity (Wildman–Crippen MR) is 106 cm³/mol. The van der Waals surface area contributed by atoms with Crippen LogP contribution in [0.4, 0.5) is 5.82 Å². The van der Waals surface area contributed by atoms with Crippen molar-refractivity contribution in [1.82, 2.24) is 19.5 Å². The summed E-state index contributed by atoms with van der Waals surface area (Å²) in [5.74, 6) is 1.56. The van der Waals surface area contributed by atoms with Gasteiger partial charge in [-0.1, -0.05) is 11.8 Å². The van der Waals surface area contributed by atoms with Crippen LogP contribution in [0.15, 0.2) is 33.4 Å². The van der Waals surface area contributed by atoms with Crippen LogP contribution >= 0.6 is 46.1 Å². The third kappa shape index (κ3) is 2.87. The van der Waals surface area contributed by atoms with Crippen LogP contribution in [0.1, 0.15) is 5.56 Å². The van der Waals surface area contributed by atoms with Crippen LogP contribution in [0.5, 0.6) is 0 Å². The van der Waals surface area contributed by atoms with Crippen molar-refractivity contribution in [2.75, 3.05) is 18.0 Å². The van der Waals surface area contributed by atoms with Crippen molar-refractivity contribution in [2.45, 2.75) is 27.9 Å². The third-order valence-electron chi connectivity index (χ3n) is 3.82. The molecule has 9 heteroatoms. The number of halogens is 1. The summed E-state index contributed by atoms with van der Waals surface area (Å²) >= 11 is 5.96. The van der Waals surface area contributed by atoms with Crippen LogP contribution in [-0.4, -0.2) is 31.8 Å². The maximum absolute atomic E-state index is 5.96. The van der Waals surface area contributed by atoms with Gasteiger partial charge in [-0.15, -0.1) is 11.8 Å². The lowest BCUT2D eigenvalue weighted by Crippen LogP contribution is -2.11. The van der Waals surface area contributed by atoms with E-state index in [1.807, 2.05) is 16.3 Å². The Labute approximate surface area is 161 Å².